The van der Waals surface area contributed by atoms with E-state index < -0.39 is 10.0 Å². The second-order valence-corrected chi connectivity index (χ2v) is 11.1. The van der Waals surface area contributed by atoms with Crippen LogP contribution in [0.3, 0.4) is 0 Å². The Kier molecular flexibility index (Phi) is 7.51. The van der Waals surface area contributed by atoms with Gasteiger partial charge in [-0.3, -0.25) is 9.78 Å². The molecule has 5 rings (SSSR count). The summed E-state index contributed by atoms with van der Waals surface area (Å²) in [6, 6.07) is 32.1. The SMILES string of the molecule is O=C(Nc1ccc2ccccc2c1)c1ccc(CN(Cc2ccccn2)S(=O)(=O)c2ccc(Cl)cc2)cc1. The molecule has 0 atom stereocenters. The Morgan fingerprint density at radius 3 is 2.21 bits per heavy atom. The molecule has 1 heterocycles. The Labute approximate surface area is 226 Å². The summed E-state index contributed by atoms with van der Waals surface area (Å²) in [5, 5.41) is 5.52. The molecule has 0 unspecified atom stereocenters. The number of sulfonamides is 1. The number of hydrogen-bond acceptors (Lipinski definition) is 4. The van der Waals surface area contributed by atoms with E-state index >= 15 is 0 Å². The molecule has 4 aromatic carbocycles. The number of fused-ring (bicyclic) bond motifs is 1. The van der Waals surface area contributed by atoms with Crippen LogP contribution in [-0.2, 0) is 23.1 Å². The van der Waals surface area contributed by atoms with Crippen molar-refractivity contribution in [1.29, 1.82) is 0 Å². The Morgan fingerprint density at radius 2 is 1.50 bits per heavy atom. The molecular weight excluding hydrogens is 518 g/mol. The van der Waals surface area contributed by atoms with Gasteiger partial charge in [0.25, 0.3) is 5.91 Å². The van der Waals surface area contributed by atoms with E-state index in [0.717, 1.165) is 16.3 Å². The summed E-state index contributed by atoms with van der Waals surface area (Å²) in [7, 11) is -3.84. The molecule has 8 heteroatoms. The van der Waals surface area contributed by atoms with Gasteiger partial charge in [0.1, 0.15) is 0 Å². The first-order chi connectivity index (χ1) is 18.4. The molecule has 1 amide bonds. The first-order valence-corrected chi connectivity index (χ1v) is 13.7. The van der Waals surface area contributed by atoms with Gasteiger partial charge in [0.2, 0.25) is 10.0 Å². The standard InChI is InChI=1S/C30H24ClN3O3S/c31-26-13-16-29(17-14-26)38(36,37)34(21-28-7-3-4-18-32-28)20-22-8-10-24(11-9-22)30(35)33-27-15-12-23-5-1-2-6-25(23)19-27/h1-19H,20-21H2,(H,33,35). The number of nitrogens with zero attached hydrogens (tertiary/aromatic N) is 2. The van der Waals surface area contributed by atoms with E-state index in [-0.39, 0.29) is 23.9 Å². The molecule has 0 bridgehead atoms. The minimum absolute atomic E-state index is 0.0933. The molecular formula is C30H24ClN3O3S. The van der Waals surface area contributed by atoms with Crippen molar-refractivity contribution in [2.75, 3.05) is 5.32 Å². The molecule has 1 aromatic heterocycles. The lowest BCUT2D eigenvalue weighted by atomic mass is 10.1. The molecule has 0 fully saturated rings. The third kappa shape index (κ3) is 5.92. The third-order valence-corrected chi connectivity index (χ3v) is 8.16. The van der Waals surface area contributed by atoms with Gasteiger partial charge in [0.05, 0.1) is 17.1 Å². The fraction of sp³-hybridized carbons (Fsp3) is 0.0667. The number of pyridine rings is 1. The fourth-order valence-electron chi connectivity index (χ4n) is 4.09. The third-order valence-electron chi connectivity index (χ3n) is 6.10. The van der Waals surface area contributed by atoms with Crippen molar-refractivity contribution in [3.63, 3.8) is 0 Å². The number of amides is 1. The van der Waals surface area contributed by atoms with E-state index in [2.05, 4.69) is 10.3 Å². The van der Waals surface area contributed by atoms with Crippen molar-refractivity contribution in [2.24, 2.45) is 0 Å². The molecule has 5 aromatic rings. The predicted molar refractivity (Wildman–Crippen MR) is 150 cm³/mol. The molecule has 6 nitrogen and oxygen atoms in total. The van der Waals surface area contributed by atoms with Crippen LogP contribution in [0.4, 0.5) is 5.69 Å². The van der Waals surface area contributed by atoms with Crippen LogP contribution >= 0.6 is 11.6 Å². The topological polar surface area (TPSA) is 79.4 Å². The predicted octanol–water partition coefficient (Wildman–Crippen LogP) is 6.53. The number of hydrogen-bond donors (Lipinski definition) is 1. The van der Waals surface area contributed by atoms with E-state index in [4.69, 9.17) is 11.6 Å². The number of halogens is 1. The van der Waals surface area contributed by atoms with Crippen LogP contribution in [0.15, 0.2) is 120 Å². The quantitative estimate of drug-likeness (QED) is 0.242. The van der Waals surface area contributed by atoms with Crippen LogP contribution in [0.2, 0.25) is 5.02 Å². The molecule has 0 saturated carbocycles. The van der Waals surface area contributed by atoms with E-state index in [1.807, 2.05) is 48.5 Å². The summed E-state index contributed by atoms with van der Waals surface area (Å²) in [5.74, 6) is -0.244. The number of nitrogens with one attached hydrogen (secondary N) is 1. The highest BCUT2D eigenvalue weighted by atomic mass is 35.5. The molecule has 0 aliphatic rings. The zero-order valence-electron chi connectivity index (χ0n) is 20.3. The van der Waals surface area contributed by atoms with Crippen LogP contribution < -0.4 is 5.32 Å². The van der Waals surface area contributed by atoms with Crippen molar-refractivity contribution in [1.82, 2.24) is 9.29 Å². The summed E-state index contributed by atoms with van der Waals surface area (Å²) >= 11 is 5.97. The van der Waals surface area contributed by atoms with E-state index in [1.165, 1.54) is 16.4 Å². The van der Waals surface area contributed by atoms with Crippen LogP contribution in [0.25, 0.3) is 10.8 Å². The minimum atomic E-state index is -3.84. The smallest absolute Gasteiger partial charge is 0.255 e. The number of rotatable bonds is 8. The van der Waals surface area contributed by atoms with Crippen molar-refractivity contribution in [2.45, 2.75) is 18.0 Å². The molecule has 0 aliphatic heterocycles. The number of carbonyl (C=O) groups is 1. The molecule has 0 aliphatic carbocycles. The van der Waals surface area contributed by atoms with Gasteiger partial charge in [0.15, 0.2) is 0 Å². The molecule has 190 valence electrons. The van der Waals surface area contributed by atoms with Gasteiger partial charge < -0.3 is 5.32 Å². The lowest BCUT2D eigenvalue weighted by molar-refractivity contribution is 0.102. The summed E-state index contributed by atoms with van der Waals surface area (Å²) in [5.41, 5.74) is 2.53. The van der Waals surface area contributed by atoms with Gasteiger partial charge in [-0.15, -0.1) is 0 Å². The highest BCUT2D eigenvalue weighted by Crippen LogP contribution is 2.23. The lowest BCUT2D eigenvalue weighted by Gasteiger charge is -2.22. The number of carbonyl (C=O) groups excluding carboxylic acids is 1. The van der Waals surface area contributed by atoms with Gasteiger partial charge in [-0.2, -0.15) is 4.31 Å². The lowest BCUT2D eigenvalue weighted by Crippen LogP contribution is -2.30. The number of anilines is 1. The van der Waals surface area contributed by atoms with Crippen LogP contribution in [0.1, 0.15) is 21.6 Å². The first kappa shape index (κ1) is 25.6. The van der Waals surface area contributed by atoms with E-state index in [0.29, 0.717) is 22.0 Å². The van der Waals surface area contributed by atoms with Crippen LogP contribution in [0, 0.1) is 0 Å². The minimum Gasteiger partial charge on any atom is -0.322 e. The largest absolute Gasteiger partial charge is 0.322 e. The maximum Gasteiger partial charge on any atom is 0.255 e. The van der Waals surface area contributed by atoms with Crippen molar-refractivity contribution in [3.8, 4) is 0 Å². The zero-order valence-corrected chi connectivity index (χ0v) is 21.9. The van der Waals surface area contributed by atoms with Crippen molar-refractivity contribution in [3.05, 3.63) is 137 Å². The van der Waals surface area contributed by atoms with Crippen LogP contribution in [0.5, 0.6) is 0 Å². The second kappa shape index (κ2) is 11.1. The maximum atomic E-state index is 13.5. The molecule has 38 heavy (non-hydrogen) atoms. The number of benzene rings is 4. The molecule has 0 spiro atoms. The Bertz CT molecular complexity index is 1670. The second-order valence-electron chi connectivity index (χ2n) is 8.76. The van der Waals surface area contributed by atoms with Crippen molar-refractivity contribution < 1.29 is 13.2 Å². The van der Waals surface area contributed by atoms with E-state index in [1.54, 1.807) is 54.7 Å². The normalized spacial score (nSPS) is 11.5. The monoisotopic (exact) mass is 541 g/mol. The summed E-state index contributed by atoms with van der Waals surface area (Å²) in [6.45, 7) is 0.199. The zero-order chi connectivity index (χ0) is 26.5. The maximum absolute atomic E-state index is 13.5. The van der Waals surface area contributed by atoms with Crippen LogP contribution in [-0.4, -0.2) is 23.6 Å². The summed E-state index contributed by atoms with van der Waals surface area (Å²) < 4.78 is 28.4. The van der Waals surface area contributed by atoms with Gasteiger partial charge in [-0.1, -0.05) is 60.1 Å². The number of aromatic nitrogens is 1. The Balaban J connectivity index is 1.35. The summed E-state index contributed by atoms with van der Waals surface area (Å²) in [6.07, 6.45) is 1.63. The summed E-state index contributed by atoms with van der Waals surface area (Å²) in [4.78, 5) is 17.3. The van der Waals surface area contributed by atoms with Gasteiger partial charge >= 0.3 is 0 Å². The Morgan fingerprint density at radius 1 is 0.789 bits per heavy atom. The molecule has 1 N–H and O–H groups in total. The van der Waals surface area contributed by atoms with E-state index in [9.17, 15) is 13.2 Å². The molecule has 0 radical (unpaired) electrons. The Hall–Kier alpha value is -4.04. The van der Waals surface area contributed by atoms with Gasteiger partial charge in [0, 0.05) is 29.0 Å². The first-order valence-electron chi connectivity index (χ1n) is 11.9. The highest BCUT2D eigenvalue weighted by Gasteiger charge is 2.25. The van der Waals surface area contributed by atoms with Crippen molar-refractivity contribution >= 4 is 44.0 Å². The van der Waals surface area contributed by atoms with Gasteiger partial charge in [-0.25, -0.2) is 8.42 Å². The molecule has 0 saturated heterocycles. The average molecular weight is 542 g/mol. The highest BCUT2D eigenvalue weighted by molar-refractivity contribution is 7.89. The fourth-order valence-corrected chi connectivity index (χ4v) is 5.61. The van der Waals surface area contributed by atoms with Gasteiger partial charge in [-0.05, 0) is 77.0 Å². The average Bonchev–Trinajstić information content (AvgIpc) is 2.94.